The highest BCUT2D eigenvalue weighted by Gasteiger charge is 2.12. The van der Waals surface area contributed by atoms with Crippen LogP contribution in [-0.4, -0.2) is 25.9 Å². The number of thiophene rings is 1. The van der Waals surface area contributed by atoms with Crippen molar-refractivity contribution in [1.82, 2.24) is 19.3 Å². The highest BCUT2D eigenvalue weighted by molar-refractivity contribution is 7.15. The summed E-state index contributed by atoms with van der Waals surface area (Å²) in [4.78, 5) is 28.8. The lowest BCUT2D eigenvalue weighted by Gasteiger charge is -2.05. The molecule has 3 N–H and O–H groups in total. The van der Waals surface area contributed by atoms with Gasteiger partial charge < -0.3 is 10.7 Å². The van der Waals surface area contributed by atoms with Crippen molar-refractivity contribution in [1.29, 1.82) is 0 Å². The molecule has 0 saturated heterocycles. The van der Waals surface area contributed by atoms with E-state index in [0.29, 0.717) is 0 Å². The van der Waals surface area contributed by atoms with Crippen molar-refractivity contribution in [2.75, 3.05) is 6.54 Å². The highest BCUT2D eigenvalue weighted by atomic mass is 32.1. The molecule has 0 atom stereocenters. The molecule has 4 rings (SSSR count). The first-order chi connectivity index (χ1) is 14.9. The number of halogens is 2. The Kier molecular flexibility index (Phi) is 5.66. The Balaban J connectivity index is 1.59. The van der Waals surface area contributed by atoms with Gasteiger partial charge in [-0.1, -0.05) is 0 Å². The van der Waals surface area contributed by atoms with Crippen molar-refractivity contribution in [3.05, 3.63) is 85.7 Å². The van der Waals surface area contributed by atoms with Gasteiger partial charge in [0.05, 0.1) is 18.6 Å². The maximum atomic E-state index is 12.8. The van der Waals surface area contributed by atoms with Crippen LogP contribution >= 0.6 is 11.3 Å². The van der Waals surface area contributed by atoms with Crippen molar-refractivity contribution >= 4 is 22.2 Å². The Morgan fingerprint density at radius 2 is 2.00 bits per heavy atom. The highest BCUT2D eigenvalue weighted by Crippen LogP contribution is 2.31. The molecule has 0 saturated carbocycles. The molecule has 0 unspecified atom stereocenters. The number of aryl methyl sites for hydroxylation is 1. The van der Waals surface area contributed by atoms with Crippen LogP contribution in [0, 0.1) is 6.92 Å². The van der Waals surface area contributed by atoms with Crippen LogP contribution in [0.1, 0.15) is 10.4 Å². The molecule has 0 aliphatic heterocycles. The maximum absolute atomic E-state index is 12.8. The second kappa shape index (κ2) is 8.40. The van der Waals surface area contributed by atoms with Gasteiger partial charge in [0, 0.05) is 27.9 Å². The largest absolute Gasteiger partial charge is 0.346 e. The standard InChI is InChI=1S/C21H19F2N5O2S/c1-12-6-14(7-13-2-5-18(29)26-19(12)13)17-4-3-16(31-17)10-27-11-25-28(21(27)30)9-15(8-24)20(22)23/h2-7,11H,8-10,24H2,1H3,(H,26,29). The predicted octanol–water partition coefficient (Wildman–Crippen LogP) is 3.08. The number of rotatable bonds is 6. The van der Waals surface area contributed by atoms with Gasteiger partial charge >= 0.3 is 5.69 Å². The number of aromatic amines is 1. The van der Waals surface area contributed by atoms with E-state index in [1.807, 2.05) is 31.2 Å². The van der Waals surface area contributed by atoms with Gasteiger partial charge in [0.2, 0.25) is 5.56 Å². The lowest BCUT2D eigenvalue weighted by atomic mass is 10.1. The third-order valence-electron chi connectivity index (χ3n) is 4.95. The van der Waals surface area contributed by atoms with E-state index >= 15 is 0 Å². The number of nitrogens with zero attached hydrogens (tertiary/aromatic N) is 3. The molecular formula is C21H19F2N5O2S. The molecule has 0 aliphatic carbocycles. The van der Waals surface area contributed by atoms with Gasteiger partial charge in [-0.2, -0.15) is 13.9 Å². The van der Waals surface area contributed by atoms with Crippen molar-refractivity contribution < 1.29 is 8.78 Å². The number of hydrogen-bond donors (Lipinski definition) is 2. The topological polar surface area (TPSA) is 98.7 Å². The molecule has 0 amide bonds. The second-order valence-corrected chi connectivity index (χ2v) is 8.28. The van der Waals surface area contributed by atoms with Crippen LogP contribution in [0.3, 0.4) is 0 Å². The molecule has 0 fully saturated rings. The van der Waals surface area contributed by atoms with E-state index in [4.69, 9.17) is 5.73 Å². The zero-order valence-electron chi connectivity index (χ0n) is 16.6. The van der Waals surface area contributed by atoms with Crippen LogP contribution in [0.5, 0.6) is 0 Å². The van der Waals surface area contributed by atoms with E-state index in [9.17, 15) is 18.4 Å². The fraction of sp³-hybridized carbons (Fsp3) is 0.190. The van der Waals surface area contributed by atoms with Crippen LogP contribution in [0.2, 0.25) is 0 Å². The van der Waals surface area contributed by atoms with Gasteiger partial charge in [0.15, 0.2) is 0 Å². The first-order valence-electron chi connectivity index (χ1n) is 9.44. The summed E-state index contributed by atoms with van der Waals surface area (Å²) in [5, 5.41) is 4.86. The lowest BCUT2D eigenvalue weighted by molar-refractivity contribution is 0.400. The van der Waals surface area contributed by atoms with Gasteiger partial charge in [-0.05, 0) is 53.8 Å². The smallest absolute Gasteiger partial charge is 0.327 e. The summed E-state index contributed by atoms with van der Waals surface area (Å²) in [5.74, 6) is 0. The van der Waals surface area contributed by atoms with Crippen LogP contribution in [-0.2, 0) is 13.1 Å². The first-order valence-corrected chi connectivity index (χ1v) is 10.3. The first kappa shape index (κ1) is 20.9. The Morgan fingerprint density at radius 3 is 2.74 bits per heavy atom. The Labute approximate surface area is 179 Å². The summed E-state index contributed by atoms with van der Waals surface area (Å²) in [6.07, 6.45) is -0.552. The summed E-state index contributed by atoms with van der Waals surface area (Å²) >= 11 is 1.52. The Bertz CT molecular complexity index is 1410. The normalized spacial score (nSPS) is 11.2. The van der Waals surface area contributed by atoms with Gasteiger partial charge in [0.25, 0.3) is 6.08 Å². The summed E-state index contributed by atoms with van der Waals surface area (Å²) in [7, 11) is 0. The summed E-state index contributed by atoms with van der Waals surface area (Å²) in [6.45, 7) is 1.55. The van der Waals surface area contributed by atoms with Crippen molar-refractivity contribution in [2.24, 2.45) is 5.73 Å². The summed E-state index contributed by atoms with van der Waals surface area (Å²) in [5.41, 5.74) is 7.14. The molecule has 7 nitrogen and oxygen atoms in total. The molecule has 0 bridgehead atoms. The summed E-state index contributed by atoms with van der Waals surface area (Å²) in [6, 6.07) is 11.2. The van der Waals surface area contributed by atoms with Crippen molar-refractivity contribution in [3.63, 3.8) is 0 Å². The van der Waals surface area contributed by atoms with Gasteiger partial charge in [0.1, 0.15) is 6.33 Å². The number of nitrogens with two attached hydrogens (primary N) is 1. The van der Waals surface area contributed by atoms with Crippen LogP contribution in [0.15, 0.2) is 64.0 Å². The van der Waals surface area contributed by atoms with E-state index in [-0.39, 0.29) is 30.8 Å². The maximum Gasteiger partial charge on any atom is 0.346 e. The van der Waals surface area contributed by atoms with Gasteiger partial charge in [-0.15, -0.1) is 11.3 Å². The number of benzene rings is 1. The molecule has 0 aliphatic rings. The fourth-order valence-electron chi connectivity index (χ4n) is 3.35. The summed E-state index contributed by atoms with van der Waals surface area (Å²) < 4.78 is 28.0. The molecule has 0 spiro atoms. The molecule has 3 aromatic heterocycles. The van der Waals surface area contributed by atoms with E-state index in [1.54, 1.807) is 6.07 Å². The number of aromatic nitrogens is 4. The average molecular weight is 443 g/mol. The molecular weight excluding hydrogens is 424 g/mol. The minimum Gasteiger partial charge on any atom is -0.327 e. The van der Waals surface area contributed by atoms with Crippen molar-refractivity contribution in [3.8, 4) is 10.4 Å². The van der Waals surface area contributed by atoms with E-state index < -0.39 is 11.8 Å². The minimum atomic E-state index is -1.89. The van der Waals surface area contributed by atoms with E-state index in [0.717, 1.165) is 36.5 Å². The number of fused-ring (bicyclic) bond motifs is 1. The SMILES string of the molecule is Cc1cc(-c2ccc(Cn3cnn(CC(CN)=C(F)F)c3=O)s2)cc2ccc(=O)[nH]c12. The average Bonchev–Trinajstić information content (AvgIpc) is 3.34. The minimum absolute atomic E-state index is 0.143. The zero-order valence-corrected chi connectivity index (χ0v) is 17.4. The van der Waals surface area contributed by atoms with Gasteiger partial charge in [-0.25, -0.2) is 9.48 Å². The molecule has 1 aromatic carbocycles. The number of hydrogen-bond acceptors (Lipinski definition) is 5. The molecule has 10 heteroatoms. The Morgan fingerprint density at radius 1 is 1.19 bits per heavy atom. The van der Waals surface area contributed by atoms with E-state index in [1.165, 1.54) is 28.3 Å². The fourth-order valence-corrected chi connectivity index (χ4v) is 4.34. The lowest BCUT2D eigenvalue weighted by Crippen LogP contribution is -2.27. The Hall–Kier alpha value is -3.37. The van der Waals surface area contributed by atoms with Crippen LogP contribution < -0.4 is 17.0 Å². The number of nitrogens with one attached hydrogen (secondary N) is 1. The van der Waals surface area contributed by atoms with Gasteiger partial charge in [-0.3, -0.25) is 9.36 Å². The molecule has 31 heavy (non-hydrogen) atoms. The van der Waals surface area contributed by atoms with Crippen LogP contribution in [0.25, 0.3) is 21.3 Å². The molecule has 4 aromatic rings. The quantitative estimate of drug-likeness (QED) is 0.478. The molecule has 160 valence electrons. The predicted molar refractivity (Wildman–Crippen MR) is 117 cm³/mol. The third-order valence-corrected chi connectivity index (χ3v) is 6.07. The van der Waals surface area contributed by atoms with E-state index in [2.05, 4.69) is 10.1 Å². The van der Waals surface area contributed by atoms with Crippen molar-refractivity contribution in [2.45, 2.75) is 20.0 Å². The molecule has 0 radical (unpaired) electrons. The molecule has 3 heterocycles. The third kappa shape index (κ3) is 4.25. The zero-order chi connectivity index (χ0) is 22.1. The number of H-pyrrole nitrogens is 1. The van der Waals surface area contributed by atoms with Crippen LogP contribution in [0.4, 0.5) is 8.78 Å². The monoisotopic (exact) mass is 443 g/mol. The number of pyridine rings is 1. The second-order valence-electron chi connectivity index (χ2n) is 7.11.